The number of hydrogen-bond acceptors (Lipinski definition) is 5. The molecule has 0 spiro atoms. The zero-order chi connectivity index (χ0) is 25.4. The van der Waals surface area contributed by atoms with Crippen LogP contribution < -0.4 is 14.5 Å². The van der Waals surface area contributed by atoms with Gasteiger partial charge in [-0.3, -0.25) is 0 Å². The Bertz CT molecular complexity index is 1390. The molecule has 2 fully saturated rings. The average Bonchev–Trinajstić information content (AvgIpc) is 3.38. The maximum atomic E-state index is 14.2. The number of anilines is 2. The number of nitrogens with zero attached hydrogens (tertiary/aromatic N) is 4. The van der Waals surface area contributed by atoms with Crippen molar-refractivity contribution < 1.29 is 13.5 Å². The third kappa shape index (κ3) is 5.25. The van der Waals surface area contributed by atoms with Crippen molar-refractivity contribution in [3.05, 3.63) is 88.4 Å². The molecular formula is C29H27BrF2N4O. The smallest absolute Gasteiger partial charge is 0.227 e. The second-order valence-electron chi connectivity index (χ2n) is 9.75. The second kappa shape index (κ2) is 10.2. The van der Waals surface area contributed by atoms with E-state index in [1.807, 2.05) is 0 Å². The fourth-order valence-corrected chi connectivity index (χ4v) is 5.59. The molecule has 2 aliphatic rings. The first-order valence-corrected chi connectivity index (χ1v) is 13.5. The maximum Gasteiger partial charge on any atom is 0.227 e. The molecule has 3 aromatic carbocycles. The Balaban J connectivity index is 1.22. The zero-order valence-corrected chi connectivity index (χ0v) is 21.9. The Kier molecular flexibility index (Phi) is 6.67. The highest BCUT2D eigenvalue weighted by Gasteiger charge is 2.29. The Morgan fingerprint density at radius 1 is 0.784 bits per heavy atom. The van der Waals surface area contributed by atoms with Gasteiger partial charge in [0.15, 0.2) is 0 Å². The molecule has 0 aliphatic carbocycles. The first-order chi connectivity index (χ1) is 18.0. The highest BCUT2D eigenvalue weighted by atomic mass is 79.9. The van der Waals surface area contributed by atoms with Gasteiger partial charge < -0.3 is 14.5 Å². The number of benzene rings is 3. The van der Waals surface area contributed by atoms with Crippen molar-refractivity contribution in [2.75, 3.05) is 36.0 Å². The van der Waals surface area contributed by atoms with Crippen LogP contribution >= 0.6 is 15.9 Å². The van der Waals surface area contributed by atoms with Gasteiger partial charge in [-0.25, -0.2) is 13.8 Å². The molecule has 0 N–H and O–H groups in total. The van der Waals surface area contributed by atoms with Crippen molar-refractivity contribution in [3.8, 4) is 5.75 Å². The lowest BCUT2D eigenvalue weighted by Crippen LogP contribution is -2.35. The molecule has 0 saturated carbocycles. The van der Waals surface area contributed by atoms with Crippen molar-refractivity contribution in [3.63, 3.8) is 0 Å². The number of aromatic nitrogens is 2. The Morgan fingerprint density at radius 3 is 2.24 bits per heavy atom. The summed E-state index contributed by atoms with van der Waals surface area (Å²) >= 11 is 3.52. The Morgan fingerprint density at radius 2 is 1.49 bits per heavy atom. The number of halogens is 3. The third-order valence-corrected chi connectivity index (χ3v) is 7.83. The SMILES string of the molecule is Fc1ccc(OC2CCN(c3nc(N4CCC(c5ccc(Br)cc5)CC4)nc4ccc(F)cc34)C2)cc1. The van der Waals surface area contributed by atoms with Crippen molar-refractivity contribution in [2.24, 2.45) is 0 Å². The average molecular weight is 565 g/mol. The highest BCUT2D eigenvalue weighted by molar-refractivity contribution is 9.10. The van der Waals surface area contributed by atoms with Crippen LogP contribution in [0.25, 0.3) is 10.9 Å². The number of hydrogen-bond donors (Lipinski definition) is 0. The minimum atomic E-state index is -0.307. The summed E-state index contributed by atoms with van der Waals surface area (Å²) in [4.78, 5) is 14.2. The fraction of sp³-hybridized carbons (Fsp3) is 0.310. The number of rotatable bonds is 5. The van der Waals surface area contributed by atoms with Gasteiger partial charge in [0.1, 0.15) is 29.3 Å². The molecule has 2 aliphatic heterocycles. The van der Waals surface area contributed by atoms with Gasteiger partial charge in [0.2, 0.25) is 5.95 Å². The van der Waals surface area contributed by atoms with E-state index in [1.165, 1.54) is 29.8 Å². The van der Waals surface area contributed by atoms with E-state index in [9.17, 15) is 8.78 Å². The molecule has 1 atom stereocenters. The molecule has 6 rings (SSSR count). The van der Waals surface area contributed by atoms with Crippen LogP contribution in [0.15, 0.2) is 71.2 Å². The lowest BCUT2D eigenvalue weighted by molar-refractivity contribution is 0.224. The second-order valence-corrected chi connectivity index (χ2v) is 10.7. The van der Waals surface area contributed by atoms with Crippen LogP contribution in [0.1, 0.15) is 30.7 Å². The first kappa shape index (κ1) is 24.1. The van der Waals surface area contributed by atoms with Gasteiger partial charge in [-0.1, -0.05) is 28.1 Å². The minimum absolute atomic E-state index is 0.0610. The van der Waals surface area contributed by atoms with Gasteiger partial charge in [0.05, 0.1) is 12.1 Å². The molecule has 2 saturated heterocycles. The summed E-state index contributed by atoms with van der Waals surface area (Å²) in [5.74, 6) is 1.98. The summed E-state index contributed by atoms with van der Waals surface area (Å²) in [5.41, 5.74) is 2.10. The van der Waals surface area contributed by atoms with Crippen LogP contribution in [0.4, 0.5) is 20.5 Å². The van der Waals surface area contributed by atoms with E-state index >= 15 is 0 Å². The molecule has 1 aromatic heterocycles. The molecule has 190 valence electrons. The van der Waals surface area contributed by atoms with E-state index in [2.05, 4.69) is 50.0 Å². The van der Waals surface area contributed by atoms with E-state index in [4.69, 9.17) is 14.7 Å². The summed E-state index contributed by atoms with van der Waals surface area (Å²) in [6, 6.07) is 19.4. The van der Waals surface area contributed by atoms with Crippen LogP contribution in [0.3, 0.4) is 0 Å². The first-order valence-electron chi connectivity index (χ1n) is 12.7. The van der Waals surface area contributed by atoms with Crippen LogP contribution in [0, 0.1) is 11.6 Å². The van der Waals surface area contributed by atoms with Gasteiger partial charge in [0.25, 0.3) is 0 Å². The zero-order valence-electron chi connectivity index (χ0n) is 20.3. The summed E-state index contributed by atoms with van der Waals surface area (Å²) in [6.45, 7) is 3.08. The van der Waals surface area contributed by atoms with Gasteiger partial charge >= 0.3 is 0 Å². The summed E-state index contributed by atoms with van der Waals surface area (Å²) in [6.07, 6.45) is 2.79. The third-order valence-electron chi connectivity index (χ3n) is 7.31. The van der Waals surface area contributed by atoms with Gasteiger partial charge in [-0.05, 0) is 78.9 Å². The number of ether oxygens (including phenoxy) is 1. The topological polar surface area (TPSA) is 41.5 Å². The Hall–Kier alpha value is -3.26. The van der Waals surface area contributed by atoms with Crippen LogP contribution in [0.5, 0.6) is 5.75 Å². The highest BCUT2D eigenvalue weighted by Crippen LogP contribution is 2.34. The van der Waals surface area contributed by atoms with Gasteiger partial charge in [0, 0.05) is 35.9 Å². The van der Waals surface area contributed by atoms with Crippen LogP contribution in [-0.4, -0.2) is 42.3 Å². The van der Waals surface area contributed by atoms with Crippen molar-refractivity contribution in [1.29, 1.82) is 0 Å². The quantitative estimate of drug-likeness (QED) is 0.269. The fourth-order valence-electron chi connectivity index (χ4n) is 5.33. The van der Waals surface area contributed by atoms with E-state index in [0.717, 1.165) is 54.7 Å². The molecule has 0 amide bonds. The van der Waals surface area contributed by atoms with E-state index in [-0.39, 0.29) is 17.7 Å². The standard InChI is InChI=1S/C29H27BrF2N4O/c30-21-3-1-19(2-4-21)20-11-14-35(15-12-20)29-33-27-10-7-23(32)17-26(27)28(34-29)36-16-13-25(18-36)37-24-8-5-22(31)6-9-24/h1-10,17,20,25H,11-16,18H2. The van der Waals surface area contributed by atoms with Crippen molar-refractivity contribution in [1.82, 2.24) is 9.97 Å². The predicted molar refractivity (Wildman–Crippen MR) is 145 cm³/mol. The molecular weight excluding hydrogens is 538 g/mol. The largest absolute Gasteiger partial charge is 0.489 e. The molecule has 5 nitrogen and oxygen atoms in total. The number of fused-ring (bicyclic) bond motifs is 1. The molecule has 8 heteroatoms. The predicted octanol–water partition coefficient (Wildman–Crippen LogP) is 6.71. The number of piperidine rings is 1. The Labute approximate surface area is 223 Å². The molecule has 1 unspecified atom stereocenters. The van der Waals surface area contributed by atoms with E-state index in [0.29, 0.717) is 29.5 Å². The lowest BCUT2D eigenvalue weighted by atomic mass is 9.90. The minimum Gasteiger partial charge on any atom is -0.489 e. The van der Waals surface area contributed by atoms with E-state index in [1.54, 1.807) is 18.2 Å². The monoisotopic (exact) mass is 564 g/mol. The van der Waals surface area contributed by atoms with Crippen LogP contribution in [-0.2, 0) is 0 Å². The molecule has 0 radical (unpaired) electrons. The summed E-state index contributed by atoms with van der Waals surface area (Å²) in [5, 5.41) is 0.705. The van der Waals surface area contributed by atoms with Gasteiger partial charge in [-0.15, -0.1) is 0 Å². The van der Waals surface area contributed by atoms with Gasteiger partial charge in [-0.2, -0.15) is 4.98 Å². The van der Waals surface area contributed by atoms with E-state index < -0.39 is 0 Å². The molecule has 4 aromatic rings. The summed E-state index contributed by atoms with van der Waals surface area (Å²) < 4.78 is 34.7. The van der Waals surface area contributed by atoms with Crippen molar-refractivity contribution >= 4 is 38.6 Å². The van der Waals surface area contributed by atoms with Crippen LogP contribution in [0.2, 0.25) is 0 Å². The molecule has 37 heavy (non-hydrogen) atoms. The normalized spacial score (nSPS) is 18.5. The lowest BCUT2D eigenvalue weighted by Gasteiger charge is -2.33. The summed E-state index contributed by atoms with van der Waals surface area (Å²) in [7, 11) is 0. The maximum absolute atomic E-state index is 14.2. The molecule has 3 heterocycles. The molecule has 0 bridgehead atoms. The van der Waals surface area contributed by atoms with Crippen molar-refractivity contribution in [2.45, 2.75) is 31.3 Å².